The first kappa shape index (κ1) is 8.51. The molecular formula is C10H14N2O. The molecule has 0 radical (unpaired) electrons. The number of aromatic nitrogens is 1. The van der Waals surface area contributed by atoms with Gasteiger partial charge in [-0.05, 0) is 18.9 Å². The maximum Gasteiger partial charge on any atom is 0.213 e. The predicted octanol–water partition coefficient (Wildman–Crippen LogP) is 1.34. The van der Waals surface area contributed by atoms with E-state index in [4.69, 9.17) is 4.74 Å². The van der Waals surface area contributed by atoms with Crippen molar-refractivity contribution in [2.24, 2.45) is 0 Å². The Labute approximate surface area is 78.1 Å². The molecule has 2 rings (SSSR count). The van der Waals surface area contributed by atoms with Gasteiger partial charge in [0.15, 0.2) is 0 Å². The molecule has 1 heterocycles. The summed E-state index contributed by atoms with van der Waals surface area (Å²) < 4.78 is 5.04. The molecule has 1 aliphatic rings. The number of rotatable bonds is 4. The number of methoxy groups -OCH3 is 1. The number of hydrogen-bond donors (Lipinski definition) is 1. The Balaban J connectivity index is 1.93. The monoisotopic (exact) mass is 178 g/mol. The molecule has 1 aliphatic carbocycles. The Bertz CT molecular complexity index is 284. The summed E-state index contributed by atoms with van der Waals surface area (Å²) in [6.07, 6.45) is 2.62. The maximum absolute atomic E-state index is 5.04. The fourth-order valence-electron chi connectivity index (χ4n) is 1.21. The summed E-state index contributed by atoms with van der Waals surface area (Å²) in [7, 11) is 1.64. The minimum atomic E-state index is 0.690. The summed E-state index contributed by atoms with van der Waals surface area (Å²) in [5, 5.41) is 3.41. The lowest BCUT2D eigenvalue weighted by molar-refractivity contribution is 0.395. The van der Waals surface area contributed by atoms with E-state index in [-0.39, 0.29) is 0 Å². The lowest BCUT2D eigenvalue weighted by Gasteiger charge is -2.03. The number of hydrogen-bond acceptors (Lipinski definition) is 3. The zero-order valence-electron chi connectivity index (χ0n) is 7.79. The molecule has 0 saturated heterocycles. The van der Waals surface area contributed by atoms with Crippen LogP contribution in [0.1, 0.15) is 18.5 Å². The molecule has 3 nitrogen and oxygen atoms in total. The molecule has 3 heteroatoms. The molecule has 1 aromatic rings. The largest absolute Gasteiger partial charge is 0.481 e. The highest BCUT2D eigenvalue weighted by molar-refractivity contribution is 5.15. The maximum atomic E-state index is 5.04. The fourth-order valence-corrected chi connectivity index (χ4v) is 1.21. The van der Waals surface area contributed by atoms with Crippen molar-refractivity contribution < 1.29 is 4.74 Å². The van der Waals surface area contributed by atoms with E-state index in [1.807, 2.05) is 18.2 Å². The van der Waals surface area contributed by atoms with Crippen LogP contribution in [-0.4, -0.2) is 18.1 Å². The van der Waals surface area contributed by atoms with Gasteiger partial charge in [0.1, 0.15) is 0 Å². The van der Waals surface area contributed by atoms with Crippen LogP contribution in [0.25, 0.3) is 0 Å². The van der Waals surface area contributed by atoms with Gasteiger partial charge < -0.3 is 10.1 Å². The lowest BCUT2D eigenvalue weighted by atomic mass is 10.3. The van der Waals surface area contributed by atoms with Crippen LogP contribution in [0.3, 0.4) is 0 Å². The Hall–Kier alpha value is -1.09. The van der Waals surface area contributed by atoms with Crippen LogP contribution in [0, 0.1) is 0 Å². The van der Waals surface area contributed by atoms with Crippen LogP contribution in [0.4, 0.5) is 0 Å². The first-order valence-corrected chi connectivity index (χ1v) is 4.62. The van der Waals surface area contributed by atoms with Crippen LogP contribution in [0.2, 0.25) is 0 Å². The summed E-state index contributed by atoms with van der Waals surface area (Å²) in [6.45, 7) is 0.849. The van der Waals surface area contributed by atoms with Gasteiger partial charge in [-0.25, -0.2) is 4.98 Å². The van der Waals surface area contributed by atoms with Crippen molar-refractivity contribution in [3.8, 4) is 5.88 Å². The van der Waals surface area contributed by atoms with Crippen LogP contribution < -0.4 is 10.1 Å². The van der Waals surface area contributed by atoms with Crippen molar-refractivity contribution in [1.29, 1.82) is 0 Å². The van der Waals surface area contributed by atoms with Gasteiger partial charge in [-0.3, -0.25) is 0 Å². The van der Waals surface area contributed by atoms with Crippen LogP contribution in [0.5, 0.6) is 5.88 Å². The number of ether oxygens (including phenoxy) is 1. The smallest absolute Gasteiger partial charge is 0.213 e. The van der Waals surface area contributed by atoms with Crippen molar-refractivity contribution in [1.82, 2.24) is 10.3 Å². The molecule has 0 bridgehead atoms. The molecule has 13 heavy (non-hydrogen) atoms. The summed E-state index contributed by atoms with van der Waals surface area (Å²) >= 11 is 0. The molecule has 1 aromatic heterocycles. The molecule has 0 atom stereocenters. The molecule has 0 aromatic carbocycles. The molecule has 0 amide bonds. The van der Waals surface area contributed by atoms with Gasteiger partial charge in [0.25, 0.3) is 0 Å². The fraction of sp³-hybridized carbons (Fsp3) is 0.500. The van der Waals surface area contributed by atoms with Gasteiger partial charge in [0.2, 0.25) is 5.88 Å². The highest BCUT2D eigenvalue weighted by Crippen LogP contribution is 2.19. The minimum absolute atomic E-state index is 0.690. The Morgan fingerprint density at radius 1 is 1.54 bits per heavy atom. The molecule has 0 spiro atoms. The molecule has 1 fully saturated rings. The van der Waals surface area contributed by atoms with Crippen molar-refractivity contribution in [2.45, 2.75) is 25.4 Å². The van der Waals surface area contributed by atoms with Crippen molar-refractivity contribution in [3.63, 3.8) is 0 Å². The molecule has 0 aliphatic heterocycles. The van der Waals surface area contributed by atoms with E-state index < -0.39 is 0 Å². The average molecular weight is 178 g/mol. The third-order valence-electron chi connectivity index (χ3n) is 2.14. The molecule has 70 valence electrons. The Morgan fingerprint density at radius 3 is 3.08 bits per heavy atom. The Morgan fingerprint density at radius 2 is 2.38 bits per heavy atom. The SMILES string of the molecule is COc1cccc(CNC2CC2)n1. The second-order valence-corrected chi connectivity index (χ2v) is 3.33. The number of pyridine rings is 1. The van der Waals surface area contributed by atoms with E-state index in [1.54, 1.807) is 7.11 Å². The highest BCUT2D eigenvalue weighted by Gasteiger charge is 2.20. The van der Waals surface area contributed by atoms with E-state index in [2.05, 4.69) is 10.3 Å². The molecular weight excluding hydrogens is 164 g/mol. The van der Waals surface area contributed by atoms with Gasteiger partial charge in [-0.2, -0.15) is 0 Å². The van der Waals surface area contributed by atoms with Gasteiger partial charge in [0.05, 0.1) is 12.8 Å². The van der Waals surface area contributed by atoms with Crippen molar-refractivity contribution in [3.05, 3.63) is 23.9 Å². The average Bonchev–Trinajstić information content (AvgIpc) is 2.99. The molecule has 1 N–H and O–H groups in total. The van der Waals surface area contributed by atoms with E-state index in [1.165, 1.54) is 12.8 Å². The minimum Gasteiger partial charge on any atom is -0.481 e. The second kappa shape index (κ2) is 3.75. The molecule has 1 saturated carbocycles. The standard InChI is InChI=1S/C10H14N2O/c1-13-10-4-2-3-9(12-10)7-11-8-5-6-8/h2-4,8,11H,5-7H2,1H3. The van der Waals surface area contributed by atoms with E-state index in [9.17, 15) is 0 Å². The van der Waals surface area contributed by atoms with Gasteiger partial charge in [-0.1, -0.05) is 6.07 Å². The second-order valence-electron chi connectivity index (χ2n) is 3.33. The van der Waals surface area contributed by atoms with Crippen LogP contribution in [-0.2, 0) is 6.54 Å². The number of nitrogens with zero attached hydrogens (tertiary/aromatic N) is 1. The van der Waals surface area contributed by atoms with Crippen molar-refractivity contribution in [2.75, 3.05) is 7.11 Å². The van der Waals surface area contributed by atoms with Crippen LogP contribution >= 0.6 is 0 Å². The van der Waals surface area contributed by atoms with E-state index in [0.29, 0.717) is 5.88 Å². The quantitative estimate of drug-likeness (QED) is 0.755. The lowest BCUT2D eigenvalue weighted by Crippen LogP contribution is -2.16. The van der Waals surface area contributed by atoms with E-state index in [0.717, 1.165) is 18.3 Å². The number of nitrogens with one attached hydrogen (secondary N) is 1. The van der Waals surface area contributed by atoms with Crippen LogP contribution in [0.15, 0.2) is 18.2 Å². The normalized spacial score (nSPS) is 15.8. The first-order valence-electron chi connectivity index (χ1n) is 4.62. The zero-order chi connectivity index (χ0) is 9.10. The summed E-state index contributed by atoms with van der Waals surface area (Å²) in [5.41, 5.74) is 1.05. The first-order chi connectivity index (χ1) is 6.38. The van der Waals surface area contributed by atoms with Crippen molar-refractivity contribution >= 4 is 0 Å². The summed E-state index contributed by atoms with van der Waals surface area (Å²) in [4.78, 5) is 4.31. The third-order valence-corrected chi connectivity index (χ3v) is 2.14. The predicted molar refractivity (Wildman–Crippen MR) is 50.7 cm³/mol. The summed E-state index contributed by atoms with van der Waals surface area (Å²) in [6, 6.07) is 6.57. The Kier molecular flexibility index (Phi) is 2.45. The third kappa shape index (κ3) is 2.42. The van der Waals surface area contributed by atoms with Gasteiger partial charge >= 0.3 is 0 Å². The highest BCUT2D eigenvalue weighted by atomic mass is 16.5. The summed E-state index contributed by atoms with van der Waals surface area (Å²) in [5.74, 6) is 0.690. The molecule has 0 unspecified atom stereocenters. The van der Waals surface area contributed by atoms with E-state index >= 15 is 0 Å². The zero-order valence-corrected chi connectivity index (χ0v) is 7.79. The van der Waals surface area contributed by atoms with Gasteiger partial charge in [0, 0.05) is 18.7 Å². The van der Waals surface area contributed by atoms with Gasteiger partial charge in [-0.15, -0.1) is 0 Å². The topological polar surface area (TPSA) is 34.1 Å².